The smallest absolute Gasteiger partial charge is 0.138 e. The molecule has 0 aromatic carbocycles. The van der Waals surface area contributed by atoms with Crippen molar-refractivity contribution in [1.82, 2.24) is 14.4 Å². The van der Waals surface area contributed by atoms with Crippen LogP contribution in [-0.2, 0) is 0 Å². The van der Waals surface area contributed by atoms with Gasteiger partial charge in [-0.05, 0) is 43.0 Å². The first-order valence-electron chi connectivity index (χ1n) is 7.10. The van der Waals surface area contributed by atoms with Crippen LogP contribution in [0.25, 0.3) is 22.5 Å². The molecule has 0 fully saturated rings. The van der Waals surface area contributed by atoms with E-state index >= 15 is 0 Å². The number of allylic oxidation sites excluding steroid dienone is 2. The molecule has 0 N–H and O–H groups in total. The Bertz CT molecular complexity index is 848. The molecule has 104 valence electrons. The van der Waals surface area contributed by atoms with Crippen LogP contribution >= 0.6 is 11.6 Å². The van der Waals surface area contributed by atoms with Gasteiger partial charge in [-0.3, -0.25) is 9.38 Å². The average Bonchev–Trinajstić information content (AvgIpc) is 3.16. The monoisotopic (exact) mass is 295 g/mol. The number of fused-ring (bicyclic) bond motifs is 1. The van der Waals surface area contributed by atoms with Gasteiger partial charge in [-0.15, -0.1) is 0 Å². The molecule has 0 atom stereocenters. The van der Waals surface area contributed by atoms with Crippen LogP contribution < -0.4 is 0 Å². The van der Waals surface area contributed by atoms with Crippen LogP contribution in [0.4, 0.5) is 0 Å². The van der Waals surface area contributed by atoms with E-state index in [-0.39, 0.29) is 0 Å². The molecule has 0 radical (unpaired) electrons. The van der Waals surface area contributed by atoms with Crippen LogP contribution in [0.5, 0.6) is 0 Å². The zero-order valence-electron chi connectivity index (χ0n) is 11.5. The number of pyridine rings is 2. The summed E-state index contributed by atoms with van der Waals surface area (Å²) in [6, 6.07) is 7.92. The van der Waals surface area contributed by atoms with Crippen molar-refractivity contribution >= 4 is 22.8 Å². The average molecular weight is 296 g/mol. The third kappa shape index (κ3) is 2.24. The fraction of sp³-hybridized carbons (Fsp3) is 0.176. The topological polar surface area (TPSA) is 30.2 Å². The van der Waals surface area contributed by atoms with Gasteiger partial charge in [-0.1, -0.05) is 17.7 Å². The predicted octanol–water partition coefficient (Wildman–Crippen LogP) is 4.62. The largest absolute Gasteiger partial charge is 0.300 e. The summed E-state index contributed by atoms with van der Waals surface area (Å²) in [4.78, 5) is 8.93. The van der Waals surface area contributed by atoms with Gasteiger partial charge < -0.3 is 0 Å². The predicted molar refractivity (Wildman–Crippen MR) is 85.3 cm³/mol. The fourth-order valence-corrected chi connectivity index (χ4v) is 2.99. The summed E-state index contributed by atoms with van der Waals surface area (Å²) in [5.74, 6) is 0. The van der Waals surface area contributed by atoms with Gasteiger partial charge in [-0.2, -0.15) is 0 Å². The second-order valence-corrected chi connectivity index (χ2v) is 5.70. The van der Waals surface area contributed by atoms with Crippen molar-refractivity contribution in [3.8, 4) is 11.3 Å². The Kier molecular flexibility index (Phi) is 3.00. The highest BCUT2D eigenvalue weighted by molar-refractivity contribution is 6.30. The molecule has 0 saturated carbocycles. The van der Waals surface area contributed by atoms with Gasteiger partial charge in [0.1, 0.15) is 5.65 Å². The summed E-state index contributed by atoms with van der Waals surface area (Å²) in [5, 5.41) is 0.700. The zero-order valence-corrected chi connectivity index (χ0v) is 12.2. The lowest BCUT2D eigenvalue weighted by molar-refractivity contribution is 0.933. The minimum atomic E-state index is 0.700. The van der Waals surface area contributed by atoms with Crippen molar-refractivity contribution in [3.05, 3.63) is 59.6 Å². The van der Waals surface area contributed by atoms with Crippen molar-refractivity contribution in [3.63, 3.8) is 0 Å². The lowest BCUT2D eigenvalue weighted by Crippen LogP contribution is -1.91. The van der Waals surface area contributed by atoms with Crippen molar-refractivity contribution in [2.24, 2.45) is 0 Å². The maximum atomic E-state index is 6.01. The highest BCUT2D eigenvalue weighted by Crippen LogP contribution is 2.29. The van der Waals surface area contributed by atoms with Crippen LogP contribution in [-0.4, -0.2) is 14.4 Å². The lowest BCUT2D eigenvalue weighted by atomic mass is 10.1. The number of hydrogen-bond donors (Lipinski definition) is 0. The molecule has 4 heteroatoms. The zero-order chi connectivity index (χ0) is 14.2. The van der Waals surface area contributed by atoms with Gasteiger partial charge in [0.25, 0.3) is 0 Å². The second-order valence-electron chi connectivity index (χ2n) is 5.27. The highest BCUT2D eigenvalue weighted by atomic mass is 35.5. The van der Waals surface area contributed by atoms with Gasteiger partial charge in [0, 0.05) is 29.0 Å². The van der Waals surface area contributed by atoms with Crippen molar-refractivity contribution < 1.29 is 0 Å². The van der Waals surface area contributed by atoms with E-state index in [1.165, 1.54) is 12.0 Å². The number of aromatic nitrogens is 3. The van der Waals surface area contributed by atoms with E-state index in [1.54, 1.807) is 0 Å². The van der Waals surface area contributed by atoms with E-state index in [1.807, 2.05) is 41.2 Å². The van der Waals surface area contributed by atoms with Crippen molar-refractivity contribution in [1.29, 1.82) is 0 Å². The second kappa shape index (κ2) is 5.01. The molecule has 1 aliphatic rings. The Morgan fingerprint density at radius 1 is 1.14 bits per heavy atom. The molecule has 0 saturated heterocycles. The Morgan fingerprint density at radius 2 is 2.10 bits per heavy atom. The van der Waals surface area contributed by atoms with Gasteiger partial charge in [0.2, 0.25) is 0 Å². The molecule has 0 amide bonds. The minimum absolute atomic E-state index is 0.700. The van der Waals surface area contributed by atoms with E-state index in [0.29, 0.717) is 5.02 Å². The molecule has 0 aliphatic heterocycles. The molecular formula is C17H14ClN3. The van der Waals surface area contributed by atoms with Gasteiger partial charge in [0.05, 0.1) is 17.6 Å². The van der Waals surface area contributed by atoms with Gasteiger partial charge >= 0.3 is 0 Å². The third-order valence-electron chi connectivity index (χ3n) is 3.90. The number of hydrogen-bond acceptors (Lipinski definition) is 2. The van der Waals surface area contributed by atoms with E-state index in [9.17, 15) is 0 Å². The summed E-state index contributed by atoms with van der Waals surface area (Å²) in [6.45, 7) is 0. The SMILES string of the molecule is Clc1ccn2c(-c3ccnc(C4=CCCC4)c3)cnc2c1. The Balaban J connectivity index is 1.83. The van der Waals surface area contributed by atoms with Crippen LogP contribution in [0.2, 0.25) is 5.02 Å². The van der Waals surface area contributed by atoms with E-state index < -0.39 is 0 Å². The molecule has 3 heterocycles. The molecule has 4 rings (SSSR count). The van der Waals surface area contributed by atoms with Crippen molar-refractivity contribution in [2.45, 2.75) is 19.3 Å². The molecule has 1 aliphatic carbocycles. The van der Waals surface area contributed by atoms with Crippen LogP contribution in [0, 0.1) is 0 Å². The number of imidazole rings is 1. The van der Waals surface area contributed by atoms with Crippen molar-refractivity contribution in [2.75, 3.05) is 0 Å². The fourth-order valence-electron chi connectivity index (χ4n) is 2.84. The van der Waals surface area contributed by atoms with E-state index in [0.717, 1.165) is 35.4 Å². The molecule has 0 bridgehead atoms. The van der Waals surface area contributed by atoms with Crippen LogP contribution in [0.3, 0.4) is 0 Å². The number of halogens is 1. The van der Waals surface area contributed by atoms with E-state index in [2.05, 4.69) is 22.1 Å². The Morgan fingerprint density at radius 3 is 2.95 bits per heavy atom. The van der Waals surface area contributed by atoms with Gasteiger partial charge in [-0.25, -0.2) is 4.98 Å². The molecule has 3 aromatic heterocycles. The molecule has 3 aromatic rings. The minimum Gasteiger partial charge on any atom is -0.300 e. The number of nitrogens with zero attached hydrogens (tertiary/aromatic N) is 3. The molecular weight excluding hydrogens is 282 g/mol. The lowest BCUT2D eigenvalue weighted by Gasteiger charge is -2.06. The first-order valence-corrected chi connectivity index (χ1v) is 7.47. The maximum Gasteiger partial charge on any atom is 0.138 e. The Hall–Kier alpha value is -2.13. The first-order chi connectivity index (χ1) is 10.3. The first kappa shape index (κ1) is 12.6. The normalized spacial score (nSPS) is 14.6. The van der Waals surface area contributed by atoms with Gasteiger partial charge in [0.15, 0.2) is 0 Å². The molecule has 0 spiro atoms. The summed E-state index contributed by atoms with van der Waals surface area (Å²) >= 11 is 6.01. The molecule has 0 unspecified atom stereocenters. The quantitative estimate of drug-likeness (QED) is 0.690. The van der Waals surface area contributed by atoms with Crippen LogP contribution in [0.15, 0.2) is 48.9 Å². The summed E-state index contributed by atoms with van der Waals surface area (Å²) in [7, 11) is 0. The highest BCUT2D eigenvalue weighted by Gasteiger charge is 2.11. The summed E-state index contributed by atoms with van der Waals surface area (Å²) in [6.07, 6.45) is 11.5. The summed E-state index contributed by atoms with van der Waals surface area (Å²) < 4.78 is 2.05. The van der Waals surface area contributed by atoms with Crippen LogP contribution in [0.1, 0.15) is 25.0 Å². The summed E-state index contributed by atoms with van der Waals surface area (Å²) in [5.41, 5.74) is 5.48. The maximum absolute atomic E-state index is 6.01. The Labute approximate surface area is 127 Å². The third-order valence-corrected chi connectivity index (χ3v) is 4.14. The molecule has 21 heavy (non-hydrogen) atoms. The molecule has 3 nitrogen and oxygen atoms in total. The number of rotatable bonds is 2. The standard InChI is InChI=1S/C17H14ClN3/c18-14-6-8-21-16(11-20-17(21)10-14)13-5-7-19-15(9-13)12-3-1-2-4-12/h3,5-11H,1-2,4H2. The van der Waals surface area contributed by atoms with E-state index in [4.69, 9.17) is 11.6 Å².